The van der Waals surface area contributed by atoms with Crippen molar-refractivity contribution < 1.29 is 48.0 Å². The highest BCUT2D eigenvalue weighted by Crippen LogP contribution is 2.22. The first kappa shape index (κ1) is 42.0. The van der Waals surface area contributed by atoms with Gasteiger partial charge >= 0.3 is 23.9 Å². The Morgan fingerprint density at radius 3 is 1.40 bits per heavy atom. The zero-order valence-corrected chi connectivity index (χ0v) is 27.1. The van der Waals surface area contributed by atoms with Crippen molar-refractivity contribution in [2.24, 2.45) is 16.2 Å². The first-order valence-corrected chi connectivity index (χ1v) is 13.8. The highest BCUT2D eigenvalue weighted by molar-refractivity contribution is 5.86. The van der Waals surface area contributed by atoms with Crippen molar-refractivity contribution in [1.29, 1.82) is 0 Å². The molecule has 0 heterocycles. The van der Waals surface area contributed by atoms with E-state index in [2.05, 4.69) is 6.58 Å². The van der Waals surface area contributed by atoms with Gasteiger partial charge in [0.15, 0.2) is 0 Å². The van der Waals surface area contributed by atoms with Crippen molar-refractivity contribution in [3.63, 3.8) is 0 Å². The predicted molar refractivity (Wildman–Crippen MR) is 154 cm³/mol. The lowest BCUT2D eigenvalue weighted by molar-refractivity contribution is -0.159. The molecule has 0 saturated carbocycles. The minimum absolute atomic E-state index is 0.0995. The maximum atomic E-state index is 11.6. The van der Waals surface area contributed by atoms with Gasteiger partial charge in [0, 0.05) is 12.7 Å². The summed E-state index contributed by atoms with van der Waals surface area (Å²) >= 11 is 0. The first-order chi connectivity index (χ1) is 18.3. The fraction of sp³-hybridized carbons (Fsp3) is 0.800. The van der Waals surface area contributed by atoms with Gasteiger partial charge in [0.25, 0.3) is 0 Å². The molecule has 40 heavy (non-hydrogen) atoms. The second-order valence-electron chi connectivity index (χ2n) is 11.2. The van der Waals surface area contributed by atoms with Gasteiger partial charge in [0.1, 0.15) is 25.9 Å². The molecule has 10 heteroatoms. The summed E-state index contributed by atoms with van der Waals surface area (Å²) in [6.07, 6.45) is 1.24. The summed E-state index contributed by atoms with van der Waals surface area (Å²) in [5.74, 6) is -1.20. The molecule has 0 saturated heterocycles. The van der Waals surface area contributed by atoms with E-state index in [4.69, 9.17) is 23.7 Å². The maximum absolute atomic E-state index is 11.6. The normalized spacial score (nSPS) is 11.9. The number of rotatable bonds is 15. The number of hydrogen-bond acceptors (Lipinski definition) is 10. The Morgan fingerprint density at radius 1 is 0.675 bits per heavy atom. The van der Waals surface area contributed by atoms with Gasteiger partial charge in [-0.15, -0.1) is 0 Å². The number of aliphatic hydroxyl groups excluding tert-OH is 1. The van der Waals surface area contributed by atoms with E-state index < -0.39 is 17.5 Å². The Hall–Kier alpha value is -2.46. The lowest BCUT2D eigenvalue weighted by Crippen LogP contribution is -2.31. The predicted octanol–water partition coefficient (Wildman–Crippen LogP) is 5.04. The molecular formula is C30H56O10. The van der Waals surface area contributed by atoms with Crippen molar-refractivity contribution in [3.8, 4) is 0 Å². The summed E-state index contributed by atoms with van der Waals surface area (Å²) in [5, 5.41) is 9.48. The van der Waals surface area contributed by atoms with Gasteiger partial charge in [-0.05, 0) is 74.7 Å². The van der Waals surface area contributed by atoms with Crippen molar-refractivity contribution >= 4 is 23.9 Å². The molecule has 0 amide bonds. The smallest absolute Gasteiger partial charge is 0.333 e. The van der Waals surface area contributed by atoms with Crippen LogP contribution in [0.2, 0.25) is 0 Å². The van der Waals surface area contributed by atoms with E-state index in [-0.39, 0.29) is 47.5 Å². The monoisotopic (exact) mass is 576 g/mol. The Kier molecular flexibility index (Phi) is 22.4. The lowest BCUT2D eigenvalue weighted by Gasteiger charge is -2.21. The molecule has 1 N–H and O–H groups in total. The molecule has 0 spiro atoms. The molecule has 0 aromatic rings. The summed E-state index contributed by atoms with van der Waals surface area (Å²) in [4.78, 5) is 45.0. The summed E-state index contributed by atoms with van der Waals surface area (Å²) in [7, 11) is 1.58. The fourth-order valence-electron chi connectivity index (χ4n) is 1.88. The van der Waals surface area contributed by atoms with E-state index in [1.54, 1.807) is 21.0 Å². The summed E-state index contributed by atoms with van der Waals surface area (Å²) in [5.41, 5.74) is -0.996. The van der Waals surface area contributed by atoms with Gasteiger partial charge in [-0.1, -0.05) is 27.4 Å². The molecule has 236 valence electrons. The SMILES string of the molecule is C=C(C)C(=O)OCC(O)COC(=O)C(C)(C)CC.CCC(C)(C)C(=O)OCCOC.CCOC(=O)C(C)(C)CC. The number of aliphatic hydroxyl groups is 1. The molecule has 0 aliphatic heterocycles. The van der Waals surface area contributed by atoms with Gasteiger partial charge in [-0.3, -0.25) is 14.4 Å². The number of carbonyl (C=O) groups excluding carboxylic acids is 4. The van der Waals surface area contributed by atoms with Crippen LogP contribution in [0.25, 0.3) is 0 Å². The highest BCUT2D eigenvalue weighted by Gasteiger charge is 2.28. The standard InChI is InChI=1S/C13H22O5.C9H18O3.C8H16O2/c1-6-13(4,5)12(16)18-8-10(14)7-17-11(15)9(2)3;1-5-9(2,3)8(10)12-7-6-11-4;1-5-8(3,4)7(9)10-6-2/h10,14H,2,6-8H2,1,3-5H3;5-7H2,1-4H3;5-6H2,1-4H3. The topological polar surface area (TPSA) is 135 Å². The highest BCUT2D eigenvalue weighted by atomic mass is 16.6. The molecule has 0 aromatic heterocycles. The minimum atomic E-state index is -1.02. The Labute approximate surface area is 242 Å². The van der Waals surface area contributed by atoms with Gasteiger partial charge in [0.05, 0.1) is 29.5 Å². The molecule has 0 aromatic carbocycles. The number of esters is 4. The summed E-state index contributed by atoms with van der Waals surface area (Å²) in [6, 6.07) is 0. The quantitative estimate of drug-likeness (QED) is 0.122. The van der Waals surface area contributed by atoms with Gasteiger partial charge in [-0.25, -0.2) is 4.79 Å². The third-order valence-corrected chi connectivity index (χ3v) is 6.27. The average Bonchev–Trinajstić information content (AvgIpc) is 2.90. The Balaban J connectivity index is -0.000000542. The van der Waals surface area contributed by atoms with Gasteiger partial charge in [-0.2, -0.15) is 0 Å². The molecular weight excluding hydrogens is 520 g/mol. The number of hydrogen-bond donors (Lipinski definition) is 1. The molecule has 1 atom stereocenters. The van der Waals surface area contributed by atoms with E-state index in [9.17, 15) is 24.3 Å². The van der Waals surface area contributed by atoms with Crippen LogP contribution in [0, 0.1) is 16.2 Å². The van der Waals surface area contributed by atoms with E-state index in [0.29, 0.717) is 26.2 Å². The number of methoxy groups -OCH3 is 1. The van der Waals surface area contributed by atoms with Crippen molar-refractivity contribution in [2.75, 3.05) is 40.1 Å². The van der Waals surface area contributed by atoms with Crippen molar-refractivity contribution in [2.45, 2.75) is 102 Å². The molecule has 0 aliphatic carbocycles. The van der Waals surface area contributed by atoms with Crippen molar-refractivity contribution in [1.82, 2.24) is 0 Å². The third-order valence-electron chi connectivity index (χ3n) is 6.27. The van der Waals surface area contributed by atoms with E-state index >= 15 is 0 Å². The summed E-state index contributed by atoms with van der Waals surface area (Å²) in [6.45, 7) is 24.5. The van der Waals surface area contributed by atoms with Crippen LogP contribution in [0.15, 0.2) is 12.2 Å². The van der Waals surface area contributed by atoms with Crippen LogP contribution in [-0.2, 0) is 42.9 Å². The molecule has 0 fully saturated rings. The van der Waals surface area contributed by atoms with E-state index in [1.807, 2.05) is 55.4 Å². The van der Waals surface area contributed by atoms with Crippen LogP contribution in [0.1, 0.15) is 95.4 Å². The van der Waals surface area contributed by atoms with Gasteiger partial charge in [0.2, 0.25) is 0 Å². The van der Waals surface area contributed by atoms with Crippen LogP contribution in [-0.4, -0.2) is 75.2 Å². The van der Waals surface area contributed by atoms with Crippen LogP contribution in [0.3, 0.4) is 0 Å². The second-order valence-corrected chi connectivity index (χ2v) is 11.2. The first-order valence-electron chi connectivity index (χ1n) is 13.8. The summed E-state index contributed by atoms with van der Waals surface area (Å²) < 4.78 is 24.3. The van der Waals surface area contributed by atoms with Crippen molar-refractivity contribution in [3.05, 3.63) is 12.2 Å². The fourth-order valence-corrected chi connectivity index (χ4v) is 1.88. The Bertz CT molecular complexity index is 768. The van der Waals surface area contributed by atoms with Crippen LogP contribution < -0.4 is 0 Å². The zero-order chi connectivity index (χ0) is 32.2. The van der Waals surface area contributed by atoms with Crippen LogP contribution in [0.5, 0.6) is 0 Å². The van der Waals surface area contributed by atoms with E-state index in [1.165, 1.54) is 6.92 Å². The molecule has 0 aliphatic rings. The molecule has 10 nitrogen and oxygen atoms in total. The molecule has 0 bridgehead atoms. The second kappa shape index (κ2) is 21.3. The lowest BCUT2D eigenvalue weighted by atomic mass is 9.91. The number of carbonyl (C=O) groups is 4. The van der Waals surface area contributed by atoms with E-state index in [0.717, 1.165) is 12.8 Å². The zero-order valence-electron chi connectivity index (χ0n) is 27.1. The maximum Gasteiger partial charge on any atom is 0.333 e. The number of ether oxygens (including phenoxy) is 5. The Morgan fingerprint density at radius 2 is 1.05 bits per heavy atom. The van der Waals surface area contributed by atoms with Gasteiger partial charge < -0.3 is 28.8 Å². The molecule has 0 rings (SSSR count). The molecule has 1 unspecified atom stereocenters. The van der Waals surface area contributed by atoms with Crippen LogP contribution in [0.4, 0.5) is 0 Å². The minimum Gasteiger partial charge on any atom is -0.466 e. The van der Waals surface area contributed by atoms with Crippen LogP contribution >= 0.6 is 0 Å². The third kappa shape index (κ3) is 19.6. The molecule has 0 radical (unpaired) electrons. The average molecular weight is 577 g/mol. The largest absolute Gasteiger partial charge is 0.466 e.